The summed E-state index contributed by atoms with van der Waals surface area (Å²) in [5.74, 6) is 0.972. The smallest absolute Gasteiger partial charge is 0.350 e. The Labute approximate surface area is 172 Å². The maximum absolute atomic E-state index is 12.7. The van der Waals surface area contributed by atoms with Gasteiger partial charge >= 0.3 is 5.69 Å². The first-order valence-electron chi connectivity index (χ1n) is 9.68. The molecule has 1 saturated heterocycles. The van der Waals surface area contributed by atoms with Crippen LogP contribution in [0.15, 0.2) is 46.3 Å². The van der Waals surface area contributed by atoms with Crippen molar-refractivity contribution in [1.82, 2.24) is 19.2 Å². The van der Waals surface area contributed by atoms with E-state index in [9.17, 15) is 9.59 Å². The highest BCUT2D eigenvalue weighted by atomic mass is 32.2. The monoisotopic (exact) mass is 412 g/mol. The lowest BCUT2D eigenvalue weighted by atomic mass is 10.0. The zero-order valence-electron chi connectivity index (χ0n) is 16.5. The van der Waals surface area contributed by atoms with Gasteiger partial charge in [-0.3, -0.25) is 4.79 Å². The van der Waals surface area contributed by atoms with Crippen LogP contribution in [0.2, 0.25) is 0 Å². The molecular formula is C20H24N6O2S. The van der Waals surface area contributed by atoms with Gasteiger partial charge in [-0.05, 0) is 43.2 Å². The van der Waals surface area contributed by atoms with Gasteiger partial charge in [0.15, 0.2) is 5.82 Å². The molecule has 1 fully saturated rings. The summed E-state index contributed by atoms with van der Waals surface area (Å²) in [6.07, 6.45) is 7.47. The Morgan fingerprint density at radius 2 is 2.24 bits per heavy atom. The summed E-state index contributed by atoms with van der Waals surface area (Å²) in [6, 6.07) is 7.58. The molecule has 0 saturated carbocycles. The van der Waals surface area contributed by atoms with E-state index < -0.39 is 0 Å². The van der Waals surface area contributed by atoms with Crippen molar-refractivity contribution in [3.63, 3.8) is 0 Å². The number of thioether (sulfide) groups is 1. The number of hydrogen-bond donors (Lipinski definition) is 1. The van der Waals surface area contributed by atoms with Crippen molar-refractivity contribution in [2.24, 2.45) is 5.92 Å². The van der Waals surface area contributed by atoms with Crippen molar-refractivity contribution in [2.75, 3.05) is 29.6 Å². The van der Waals surface area contributed by atoms with Crippen molar-refractivity contribution in [2.45, 2.75) is 31.2 Å². The summed E-state index contributed by atoms with van der Waals surface area (Å²) in [5.41, 5.74) is 0.842. The third kappa shape index (κ3) is 4.14. The number of nitrogens with zero attached hydrogens (tertiary/aromatic N) is 5. The van der Waals surface area contributed by atoms with Gasteiger partial charge < -0.3 is 10.2 Å². The minimum absolute atomic E-state index is 0.153. The lowest BCUT2D eigenvalue weighted by Crippen LogP contribution is -2.35. The Kier molecular flexibility index (Phi) is 5.57. The van der Waals surface area contributed by atoms with Crippen molar-refractivity contribution < 1.29 is 4.79 Å². The molecule has 2 aromatic heterocycles. The number of hydrogen-bond acceptors (Lipinski definition) is 6. The van der Waals surface area contributed by atoms with E-state index in [1.54, 1.807) is 24.2 Å². The molecule has 0 spiro atoms. The Balaban J connectivity index is 1.58. The number of benzene rings is 1. The molecule has 1 atom stereocenters. The second-order valence-corrected chi connectivity index (χ2v) is 8.24. The highest BCUT2D eigenvalue weighted by molar-refractivity contribution is 7.98. The third-order valence-corrected chi connectivity index (χ3v) is 5.81. The van der Waals surface area contributed by atoms with Gasteiger partial charge in [-0.15, -0.1) is 16.9 Å². The van der Waals surface area contributed by atoms with E-state index in [1.165, 1.54) is 15.5 Å². The van der Waals surface area contributed by atoms with Gasteiger partial charge in [-0.25, -0.2) is 18.9 Å². The molecule has 1 aliphatic heterocycles. The van der Waals surface area contributed by atoms with E-state index in [4.69, 9.17) is 0 Å². The predicted molar refractivity (Wildman–Crippen MR) is 115 cm³/mol. The van der Waals surface area contributed by atoms with Crippen LogP contribution in [0.4, 0.5) is 11.5 Å². The number of carbonyl (C=O) groups excluding carboxylic acids is 1. The maximum atomic E-state index is 12.7. The third-order valence-electron chi connectivity index (χ3n) is 5.09. The first-order chi connectivity index (χ1) is 14.0. The summed E-state index contributed by atoms with van der Waals surface area (Å²) in [6.45, 7) is 3.84. The Morgan fingerprint density at radius 3 is 3.03 bits per heavy atom. The molecule has 3 heterocycles. The van der Waals surface area contributed by atoms with Crippen LogP contribution in [0.1, 0.15) is 19.8 Å². The molecule has 29 heavy (non-hydrogen) atoms. The number of rotatable bonds is 5. The fourth-order valence-corrected chi connectivity index (χ4v) is 4.14. The standard InChI is InChI=1S/C20H24N6O2S/c1-14-5-4-9-24(12-14)18-19-23-26(20(28)25(19)10-8-21-18)13-17(27)22-15-6-3-7-16(11-15)29-2/h3,6-8,10-11,14H,4-5,9,12-13H2,1-2H3,(H,22,27). The predicted octanol–water partition coefficient (Wildman–Crippen LogP) is 2.49. The molecule has 3 aromatic rings. The molecule has 1 N–H and O–H groups in total. The fraction of sp³-hybridized carbons (Fsp3) is 0.400. The number of aromatic nitrogens is 4. The number of anilines is 2. The second kappa shape index (κ2) is 8.28. The average Bonchev–Trinajstić information content (AvgIpc) is 3.03. The van der Waals surface area contributed by atoms with Gasteiger partial charge in [0.1, 0.15) is 6.54 Å². The molecule has 8 nitrogen and oxygen atoms in total. The topological polar surface area (TPSA) is 84.5 Å². The van der Waals surface area contributed by atoms with E-state index in [2.05, 4.69) is 27.2 Å². The van der Waals surface area contributed by atoms with Gasteiger partial charge in [-0.1, -0.05) is 13.0 Å². The molecule has 1 unspecified atom stereocenters. The van der Waals surface area contributed by atoms with Crippen LogP contribution in [0.3, 0.4) is 0 Å². The summed E-state index contributed by atoms with van der Waals surface area (Å²) in [5, 5.41) is 7.26. The molecule has 9 heteroatoms. The van der Waals surface area contributed by atoms with Crippen LogP contribution >= 0.6 is 11.8 Å². The van der Waals surface area contributed by atoms with Crippen LogP contribution in [0.5, 0.6) is 0 Å². The lowest BCUT2D eigenvalue weighted by Gasteiger charge is -2.31. The van der Waals surface area contributed by atoms with Gasteiger partial charge in [0.2, 0.25) is 11.6 Å². The number of amides is 1. The molecule has 4 rings (SSSR count). The van der Waals surface area contributed by atoms with E-state index in [-0.39, 0.29) is 18.1 Å². The average molecular weight is 413 g/mol. The molecule has 0 radical (unpaired) electrons. The van der Waals surface area contributed by atoms with E-state index >= 15 is 0 Å². The minimum atomic E-state index is -0.346. The van der Waals surface area contributed by atoms with Crippen molar-refractivity contribution in [3.05, 3.63) is 47.1 Å². The molecule has 1 aromatic carbocycles. The Bertz CT molecular complexity index is 1090. The second-order valence-electron chi connectivity index (χ2n) is 7.36. The summed E-state index contributed by atoms with van der Waals surface area (Å²) in [7, 11) is 0. The molecule has 1 amide bonds. The van der Waals surface area contributed by atoms with Crippen LogP contribution in [-0.4, -0.2) is 44.4 Å². The molecule has 0 bridgehead atoms. The van der Waals surface area contributed by atoms with E-state index in [0.717, 1.165) is 24.4 Å². The number of nitrogens with one attached hydrogen (secondary N) is 1. The molecule has 1 aliphatic rings. The fourth-order valence-electron chi connectivity index (χ4n) is 3.68. The maximum Gasteiger partial charge on any atom is 0.350 e. The van der Waals surface area contributed by atoms with E-state index in [0.29, 0.717) is 23.1 Å². The first kappa shape index (κ1) is 19.5. The largest absolute Gasteiger partial charge is 0.353 e. The van der Waals surface area contributed by atoms with Gasteiger partial charge in [0.05, 0.1) is 0 Å². The van der Waals surface area contributed by atoms with Crippen molar-refractivity contribution in [3.8, 4) is 0 Å². The van der Waals surface area contributed by atoms with E-state index in [1.807, 2.05) is 30.5 Å². The van der Waals surface area contributed by atoms with Crippen molar-refractivity contribution in [1.29, 1.82) is 0 Å². The zero-order valence-corrected chi connectivity index (χ0v) is 17.4. The van der Waals surface area contributed by atoms with Gasteiger partial charge in [0, 0.05) is 36.1 Å². The zero-order chi connectivity index (χ0) is 20.4. The molecular weight excluding hydrogens is 388 g/mol. The lowest BCUT2D eigenvalue weighted by molar-refractivity contribution is -0.117. The van der Waals surface area contributed by atoms with Gasteiger partial charge in [0.25, 0.3) is 0 Å². The first-order valence-corrected chi connectivity index (χ1v) is 10.9. The Hall–Kier alpha value is -2.81. The molecule has 0 aliphatic carbocycles. The highest BCUT2D eigenvalue weighted by Crippen LogP contribution is 2.23. The minimum Gasteiger partial charge on any atom is -0.353 e. The van der Waals surface area contributed by atoms with Gasteiger partial charge in [-0.2, -0.15) is 0 Å². The van der Waals surface area contributed by atoms with Crippen LogP contribution in [0, 0.1) is 5.92 Å². The number of fused-ring (bicyclic) bond motifs is 1. The SMILES string of the molecule is CSc1cccc(NC(=O)Cn2nc3c(N4CCCC(C)C4)nccn3c2=O)c1. The Morgan fingerprint density at radius 1 is 1.38 bits per heavy atom. The summed E-state index contributed by atoms with van der Waals surface area (Å²) < 4.78 is 2.66. The normalized spacial score (nSPS) is 16.9. The quantitative estimate of drug-likeness (QED) is 0.648. The summed E-state index contributed by atoms with van der Waals surface area (Å²) >= 11 is 1.60. The highest BCUT2D eigenvalue weighted by Gasteiger charge is 2.22. The summed E-state index contributed by atoms with van der Waals surface area (Å²) in [4.78, 5) is 32.9. The van der Waals surface area contributed by atoms with Crippen LogP contribution in [0.25, 0.3) is 5.65 Å². The van der Waals surface area contributed by atoms with Crippen molar-refractivity contribution >= 4 is 34.8 Å². The number of carbonyl (C=O) groups is 1. The van der Waals surface area contributed by atoms with Crippen LogP contribution in [-0.2, 0) is 11.3 Å². The molecule has 152 valence electrons. The number of piperidine rings is 1. The van der Waals surface area contributed by atoms with Crippen LogP contribution < -0.4 is 15.9 Å².